The molecule has 0 aliphatic carbocycles. The van der Waals surface area contributed by atoms with Crippen LogP contribution in [0.1, 0.15) is 51.3 Å². The maximum absolute atomic E-state index is 8.65. The van der Waals surface area contributed by atoms with E-state index in [0.717, 1.165) is 18.6 Å². The molecule has 0 aromatic heterocycles. The van der Waals surface area contributed by atoms with E-state index in [0.29, 0.717) is 5.92 Å². The zero-order chi connectivity index (χ0) is 14.5. The fourth-order valence-electron chi connectivity index (χ4n) is 2.24. The molecule has 1 aromatic rings. The molecule has 0 amide bonds. The Bertz CT molecular complexity index is 451. The van der Waals surface area contributed by atoms with Crippen LogP contribution in [0.5, 0.6) is 0 Å². The summed E-state index contributed by atoms with van der Waals surface area (Å²) >= 11 is 1.36. The van der Waals surface area contributed by atoms with Crippen molar-refractivity contribution in [1.29, 1.82) is 5.26 Å². The number of aryl methyl sites for hydroxylation is 1. The minimum atomic E-state index is 0.200. The smallest absolute Gasteiger partial charge is 0.133 e. The van der Waals surface area contributed by atoms with Crippen molar-refractivity contribution in [2.24, 2.45) is 5.92 Å². The number of thiocyanates is 1. The number of hydrogen-bond acceptors (Lipinski definition) is 2. The van der Waals surface area contributed by atoms with Gasteiger partial charge in [-0.1, -0.05) is 52.8 Å². The molecular formula is C17H25NS. The maximum Gasteiger partial charge on any atom is 0.133 e. The lowest BCUT2D eigenvalue weighted by molar-refractivity contribution is 0.585. The van der Waals surface area contributed by atoms with Crippen LogP contribution in [-0.2, 0) is 18.3 Å². The zero-order valence-electron chi connectivity index (χ0n) is 12.8. The van der Waals surface area contributed by atoms with Crippen LogP contribution in [0, 0.1) is 16.6 Å². The first-order valence-electron chi connectivity index (χ1n) is 7.01. The van der Waals surface area contributed by atoms with E-state index in [1.807, 2.05) is 0 Å². The fourth-order valence-corrected chi connectivity index (χ4v) is 2.72. The normalized spacial score (nSPS) is 13.1. The van der Waals surface area contributed by atoms with Crippen molar-refractivity contribution < 1.29 is 0 Å². The van der Waals surface area contributed by atoms with Crippen LogP contribution in [0.2, 0.25) is 0 Å². The van der Waals surface area contributed by atoms with Gasteiger partial charge in [-0.25, -0.2) is 0 Å². The summed E-state index contributed by atoms with van der Waals surface area (Å²) in [4.78, 5) is 0. The van der Waals surface area contributed by atoms with Gasteiger partial charge >= 0.3 is 0 Å². The predicted octanol–water partition coefficient (Wildman–Crippen LogP) is 4.94. The van der Waals surface area contributed by atoms with Crippen LogP contribution >= 0.6 is 11.8 Å². The number of benzene rings is 1. The highest BCUT2D eigenvalue weighted by Crippen LogP contribution is 2.26. The van der Waals surface area contributed by atoms with Gasteiger partial charge in [0.1, 0.15) is 5.40 Å². The number of nitrogens with zero attached hydrogens (tertiary/aromatic N) is 1. The van der Waals surface area contributed by atoms with E-state index in [1.54, 1.807) is 0 Å². The minimum Gasteiger partial charge on any atom is -0.185 e. The molecule has 0 saturated carbocycles. The predicted molar refractivity (Wildman–Crippen MR) is 85.5 cm³/mol. The number of thioether (sulfide) groups is 1. The molecule has 0 aliphatic rings. The van der Waals surface area contributed by atoms with Crippen LogP contribution in [0.4, 0.5) is 0 Å². The monoisotopic (exact) mass is 275 g/mol. The van der Waals surface area contributed by atoms with Crippen molar-refractivity contribution in [2.75, 3.05) is 5.75 Å². The standard InChI is InChI=1S/C17H25NS/c1-6-14-7-8-16(17(3,4)5)10-15(14)9-13(2)11-19-12-18/h7-8,10,13H,6,9,11H2,1-5H3. The summed E-state index contributed by atoms with van der Waals surface area (Å²) in [6.45, 7) is 11.2. The SMILES string of the molecule is CCc1ccc(C(C)(C)C)cc1CC(C)CSC#N. The third kappa shape index (κ3) is 4.91. The quantitative estimate of drug-likeness (QED) is 0.711. The van der Waals surface area contributed by atoms with E-state index in [-0.39, 0.29) is 5.41 Å². The average molecular weight is 275 g/mol. The van der Waals surface area contributed by atoms with Gasteiger partial charge in [-0.3, -0.25) is 0 Å². The summed E-state index contributed by atoms with van der Waals surface area (Å²) in [6, 6.07) is 6.91. The van der Waals surface area contributed by atoms with Crippen LogP contribution < -0.4 is 0 Å². The largest absolute Gasteiger partial charge is 0.185 e. The molecule has 0 aliphatic heterocycles. The van der Waals surface area contributed by atoms with Crippen molar-refractivity contribution in [3.8, 4) is 5.40 Å². The molecule has 0 spiro atoms. The van der Waals surface area contributed by atoms with Gasteiger partial charge in [-0.15, -0.1) is 0 Å². The lowest BCUT2D eigenvalue weighted by Gasteiger charge is -2.22. The molecule has 1 nitrogen and oxygen atoms in total. The molecule has 1 rings (SSSR count). The third-order valence-corrected chi connectivity index (χ3v) is 4.32. The highest BCUT2D eigenvalue weighted by molar-refractivity contribution is 8.03. The number of hydrogen-bond donors (Lipinski definition) is 0. The van der Waals surface area contributed by atoms with Crippen molar-refractivity contribution in [2.45, 2.75) is 52.9 Å². The molecule has 0 radical (unpaired) electrons. The van der Waals surface area contributed by atoms with Crippen LogP contribution in [-0.4, -0.2) is 5.75 Å². The number of rotatable bonds is 5. The van der Waals surface area contributed by atoms with Crippen molar-refractivity contribution >= 4 is 11.8 Å². The van der Waals surface area contributed by atoms with Gasteiger partial charge in [0.25, 0.3) is 0 Å². The molecule has 0 bridgehead atoms. The fraction of sp³-hybridized carbons (Fsp3) is 0.588. The summed E-state index contributed by atoms with van der Waals surface area (Å²) in [7, 11) is 0. The third-order valence-electron chi connectivity index (χ3n) is 3.45. The average Bonchev–Trinajstić information content (AvgIpc) is 2.35. The maximum atomic E-state index is 8.65. The van der Waals surface area contributed by atoms with Crippen LogP contribution in [0.3, 0.4) is 0 Å². The lowest BCUT2D eigenvalue weighted by atomic mass is 9.83. The van der Waals surface area contributed by atoms with E-state index >= 15 is 0 Å². The highest BCUT2D eigenvalue weighted by atomic mass is 32.2. The van der Waals surface area contributed by atoms with E-state index in [2.05, 4.69) is 58.2 Å². The summed E-state index contributed by atoms with van der Waals surface area (Å²) < 4.78 is 0. The Labute approximate surface area is 122 Å². The first-order chi connectivity index (χ1) is 8.88. The topological polar surface area (TPSA) is 23.8 Å². The molecule has 1 atom stereocenters. The molecule has 2 heteroatoms. The molecule has 19 heavy (non-hydrogen) atoms. The Balaban J connectivity index is 2.94. The van der Waals surface area contributed by atoms with Crippen LogP contribution in [0.25, 0.3) is 0 Å². The summed E-state index contributed by atoms with van der Waals surface area (Å²) in [6.07, 6.45) is 2.15. The molecule has 1 unspecified atom stereocenters. The molecule has 1 aromatic carbocycles. The van der Waals surface area contributed by atoms with E-state index in [4.69, 9.17) is 5.26 Å². The Morgan fingerprint density at radius 2 is 1.95 bits per heavy atom. The van der Waals surface area contributed by atoms with E-state index in [9.17, 15) is 0 Å². The molecular weight excluding hydrogens is 250 g/mol. The first-order valence-corrected chi connectivity index (χ1v) is 8.00. The van der Waals surface area contributed by atoms with Gasteiger partial charge in [-0.2, -0.15) is 5.26 Å². The van der Waals surface area contributed by atoms with E-state index in [1.165, 1.54) is 28.5 Å². The zero-order valence-corrected chi connectivity index (χ0v) is 13.6. The van der Waals surface area contributed by atoms with Gasteiger partial charge in [0.2, 0.25) is 0 Å². The molecule has 104 valence electrons. The second-order valence-corrected chi connectivity index (χ2v) is 7.10. The summed E-state index contributed by atoms with van der Waals surface area (Å²) in [5.74, 6) is 1.46. The van der Waals surface area contributed by atoms with Crippen LogP contribution in [0.15, 0.2) is 18.2 Å². The van der Waals surface area contributed by atoms with Gasteiger partial charge in [0, 0.05) is 5.75 Å². The molecule has 0 heterocycles. The second-order valence-electron chi connectivity index (χ2n) is 6.30. The van der Waals surface area contributed by atoms with Crippen molar-refractivity contribution in [3.05, 3.63) is 34.9 Å². The highest BCUT2D eigenvalue weighted by Gasteiger charge is 2.16. The Hall–Kier alpha value is -0.940. The van der Waals surface area contributed by atoms with E-state index < -0.39 is 0 Å². The van der Waals surface area contributed by atoms with Gasteiger partial charge < -0.3 is 0 Å². The van der Waals surface area contributed by atoms with Crippen molar-refractivity contribution in [3.63, 3.8) is 0 Å². The van der Waals surface area contributed by atoms with Crippen molar-refractivity contribution in [1.82, 2.24) is 0 Å². The van der Waals surface area contributed by atoms with Gasteiger partial charge in [0.05, 0.1) is 0 Å². The Morgan fingerprint density at radius 1 is 1.26 bits per heavy atom. The molecule has 0 N–H and O–H groups in total. The van der Waals surface area contributed by atoms with Gasteiger partial charge in [-0.05, 0) is 52.6 Å². The Kier molecular flexibility index (Phi) is 5.94. The Morgan fingerprint density at radius 3 is 2.47 bits per heavy atom. The molecule has 0 fully saturated rings. The second kappa shape index (κ2) is 7.01. The van der Waals surface area contributed by atoms with Gasteiger partial charge in [0.15, 0.2) is 0 Å². The first kappa shape index (κ1) is 16.1. The summed E-state index contributed by atoms with van der Waals surface area (Å²) in [5.41, 5.74) is 4.51. The molecule has 0 saturated heterocycles. The summed E-state index contributed by atoms with van der Waals surface area (Å²) in [5, 5.41) is 10.8. The number of nitriles is 1. The minimum absolute atomic E-state index is 0.200. The lowest BCUT2D eigenvalue weighted by Crippen LogP contribution is -2.13.